The lowest BCUT2D eigenvalue weighted by Gasteiger charge is -2.37. The first kappa shape index (κ1) is 27.1. The van der Waals surface area contributed by atoms with Crippen LogP contribution in [0.2, 0.25) is 0 Å². The lowest BCUT2D eigenvalue weighted by Crippen LogP contribution is -2.59. The van der Waals surface area contributed by atoms with Crippen molar-refractivity contribution in [3.05, 3.63) is 59.7 Å². The summed E-state index contributed by atoms with van der Waals surface area (Å²) >= 11 is 1.52. The van der Waals surface area contributed by atoms with Gasteiger partial charge < -0.3 is 25.6 Å². The molecule has 2 aromatic rings. The Balaban J connectivity index is 1.06. The fraction of sp³-hybridized carbons (Fsp3) is 0.433. The Labute approximate surface area is 242 Å². The Morgan fingerprint density at radius 2 is 1.78 bits per heavy atom. The normalized spacial score (nSPS) is 25.4. The highest BCUT2D eigenvalue weighted by atomic mass is 32.2. The average molecular weight is 574 g/mol. The number of piperidine rings is 1. The highest BCUT2D eigenvalue weighted by Crippen LogP contribution is 2.44. The molecule has 5 atom stereocenters. The number of carbonyl (C=O) groups is 4. The quantitative estimate of drug-likeness (QED) is 0.462. The van der Waals surface area contributed by atoms with Gasteiger partial charge in [0.1, 0.15) is 24.7 Å². The van der Waals surface area contributed by atoms with Crippen molar-refractivity contribution < 1.29 is 23.9 Å². The molecule has 0 spiro atoms. The first-order valence-corrected chi connectivity index (χ1v) is 15.0. The standard InChI is InChI=1S/C30H31N5O5S/c31-14-18(13-17-11-12-32-27(17)36)33-28(37)25-16-41-26-10-9-24(29(38)35(25)26)34-30(39)40-15-23-21-7-3-1-5-19(21)20-6-2-4-8-22(20)23/h1-8,17-18,23-26H,9-13,15-16H2,(H,32,36)(H,33,37)(H,34,39)/t17-,18-,24-,25-,26?/m0/s1. The third-order valence-corrected chi connectivity index (χ3v) is 9.80. The molecule has 2 aromatic carbocycles. The second-order valence-corrected chi connectivity index (χ2v) is 12.1. The third kappa shape index (κ3) is 5.24. The minimum atomic E-state index is -0.824. The van der Waals surface area contributed by atoms with E-state index in [1.165, 1.54) is 16.7 Å². The summed E-state index contributed by atoms with van der Waals surface area (Å²) in [6.45, 7) is 0.708. The zero-order valence-electron chi connectivity index (χ0n) is 22.4. The fourth-order valence-electron chi connectivity index (χ4n) is 6.38. The molecule has 11 heteroatoms. The molecule has 41 heavy (non-hydrogen) atoms. The number of nitrogens with one attached hydrogen (secondary N) is 3. The summed E-state index contributed by atoms with van der Waals surface area (Å²) in [5.74, 6) is -0.853. The summed E-state index contributed by atoms with van der Waals surface area (Å²) in [6.07, 6.45) is 1.26. The van der Waals surface area contributed by atoms with E-state index in [-0.39, 0.29) is 42.1 Å². The van der Waals surface area contributed by atoms with Crippen molar-refractivity contribution in [3.63, 3.8) is 0 Å². The van der Waals surface area contributed by atoms with Crippen LogP contribution in [0.5, 0.6) is 0 Å². The third-order valence-electron chi connectivity index (χ3n) is 8.44. The molecule has 212 valence electrons. The van der Waals surface area contributed by atoms with E-state index >= 15 is 0 Å². The van der Waals surface area contributed by atoms with E-state index < -0.39 is 30.1 Å². The molecule has 3 heterocycles. The van der Waals surface area contributed by atoms with Crippen LogP contribution in [0.4, 0.5) is 4.79 Å². The van der Waals surface area contributed by atoms with Crippen LogP contribution in [0.15, 0.2) is 48.5 Å². The number of fused-ring (bicyclic) bond motifs is 4. The van der Waals surface area contributed by atoms with Gasteiger partial charge in [0.25, 0.3) is 0 Å². The van der Waals surface area contributed by atoms with Crippen molar-refractivity contribution in [2.24, 2.45) is 5.92 Å². The van der Waals surface area contributed by atoms with E-state index in [0.717, 1.165) is 22.3 Å². The van der Waals surface area contributed by atoms with Gasteiger partial charge in [0.05, 0.1) is 11.4 Å². The Morgan fingerprint density at radius 1 is 1.07 bits per heavy atom. The molecule has 10 nitrogen and oxygen atoms in total. The molecule has 0 radical (unpaired) electrons. The number of nitrogens with zero attached hydrogens (tertiary/aromatic N) is 2. The predicted molar refractivity (Wildman–Crippen MR) is 151 cm³/mol. The van der Waals surface area contributed by atoms with Crippen LogP contribution >= 0.6 is 11.8 Å². The van der Waals surface area contributed by atoms with E-state index in [2.05, 4.69) is 34.2 Å². The molecule has 3 fully saturated rings. The minimum Gasteiger partial charge on any atom is -0.449 e. The second kappa shape index (κ2) is 11.4. The maximum atomic E-state index is 13.5. The monoisotopic (exact) mass is 573 g/mol. The molecule has 3 aliphatic heterocycles. The molecule has 4 amide bonds. The second-order valence-electron chi connectivity index (χ2n) is 10.9. The van der Waals surface area contributed by atoms with Crippen LogP contribution in [0, 0.1) is 17.2 Å². The molecular formula is C30H31N5O5S. The number of amides is 4. The molecular weight excluding hydrogens is 542 g/mol. The van der Waals surface area contributed by atoms with Gasteiger partial charge in [-0.2, -0.15) is 5.26 Å². The molecule has 3 saturated heterocycles. The maximum Gasteiger partial charge on any atom is 0.407 e. The van der Waals surface area contributed by atoms with Crippen LogP contribution in [0.3, 0.4) is 0 Å². The smallest absolute Gasteiger partial charge is 0.407 e. The van der Waals surface area contributed by atoms with Gasteiger partial charge in [-0.3, -0.25) is 14.4 Å². The topological polar surface area (TPSA) is 141 Å². The van der Waals surface area contributed by atoms with Gasteiger partial charge in [0, 0.05) is 24.1 Å². The van der Waals surface area contributed by atoms with Crippen LogP contribution in [0.25, 0.3) is 11.1 Å². The molecule has 1 aliphatic carbocycles. The molecule has 0 bridgehead atoms. The Bertz CT molecular complexity index is 1380. The van der Waals surface area contributed by atoms with E-state index in [9.17, 15) is 24.4 Å². The minimum absolute atomic E-state index is 0.0916. The predicted octanol–water partition coefficient (Wildman–Crippen LogP) is 2.49. The molecule has 4 aliphatic rings. The summed E-state index contributed by atoms with van der Waals surface area (Å²) in [5, 5.41) is 17.6. The lowest BCUT2D eigenvalue weighted by atomic mass is 9.98. The van der Waals surface area contributed by atoms with Gasteiger partial charge in [0.15, 0.2) is 0 Å². The number of hydrogen-bond donors (Lipinski definition) is 3. The van der Waals surface area contributed by atoms with Crippen molar-refractivity contribution in [2.45, 2.75) is 55.1 Å². The van der Waals surface area contributed by atoms with Gasteiger partial charge in [-0.1, -0.05) is 48.5 Å². The van der Waals surface area contributed by atoms with Crippen LogP contribution in [0.1, 0.15) is 42.7 Å². The lowest BCUT2D eigenvalue weighted by molar-refractivity contribution is -0.143. The van der Waals surface area contributed by atoms with Gasteiger partial charge in [0.2, 0.25) is 17.7 Å². The summed E-state index contributed by atoms with van der Waals surface area (Å²) in [5.41, 5.74) is 4.47. The zero-order valence-corrected chi connectivity index (χ0v) is 23.2. The Morgan fingerprint density at radius 3 is 2.44 bits per heavy atom. The first-order valence-electron chi connectivity index (χ1n) is 14.0. The van der Waals surface area contributed by atoms with E-state index in [1.54, 1.807) is 0 Å². The molecule has 3 N–H and O–H groups in total. The summed E-state index contributed by atoms with van der Waals surface area (Å²) in [6, 6.07) is 15.8. The van der Waals surface area contributed by atoms with Crippen molar-refractivity contribution in [1.29, 1.82) is 5.26 Å². The van der Waals surface area contributed by atoms with Crippen molar-refractivity contribution in [1.82, 2.24) is 20.9 Å². The van der Waals surface area contributed by atoms with Gasteiger partial charge in [-0.25, -0.2) is 4.79 Å². The van der Waals surface area contributed by atoms with E-state index in [1.807, 2.05) is 36.4 Å². The van der Waals surface area contributed by atoms with Gasteiger partial charge >= 0.3 is 6.09 Å². The van der Waals surface area contributed by atoms with Crippen molar-refractivity contribution in [3.8, 4) is 17.2 Å². The number of carbonyl (C=O) groups excluding carboxylic acids is 4. The largest absolute Gasteiger partial charge is 0.449 e. The number of nitriles is 1. The van der Waals surface area contributed by atoms with Crippen molar-refractivity contribution >= 4 is 35.6 Å². The Kier molecular flexibility index (Phi) is 7.58. The van der Waals surface area contributed by atoms with Crippen LogP contribution in [-0.4, -0.2) is 71.1 Å². The number of rotatable bonds is 7. The Hall–Kier alpha value is -4.04. The molecule has 1 unspecified atom stereocenters. The first-order chi connectivity index (χ1) is 19.9. The number of hydrogen-bond acceptors (Lipinski definition) is 7. The average Bonchev–Trinajstić information content (AvgIpc) is 3.69. The molecule has 0 saturated carbocycles. The fourth-order valence-corrected chi connectivity index (χ4v) is 7.81. The van der Waals surface area contributed by atoms with Gasteiger partial charge in [-0.15, -0.1) is 11.8 Å². The van der Waals surface area contributed by atoms with E-state index in [4.69, 9.17) is 4.74 Å². The maximum absolute atomic E-state index is 13.5. The van der Waals surface area contributed by atoms with Crippen LogP contribution in [-0.2, 0) is 19.1 Å². The highest BCUT2D eigenvalue weighted by Gasteiger charge is 2.47. The summed E-state index contributed by atoms with van der Waals surface area (Å²) < 4.78 is 5.64. The highest BCUT2D eigenvalue weighted by molar-refractivity contribution is 8.00. The summed E-state index contributed by atoms with van der Waals surface area (Å²) in [4.78, 5) is 53.0. The molecule has 0 aromatic heterocycles. The zero-order chi connectivity index (χ0) is 28.5. The number of thioether (sulfide) groups is 1. The number of ether oxygens (including phenoxy) is 1. The summed E-state index contributed by atoms with van der Waals surface area (Å²) in [7, 11) is 0. The number of benzene rings is 2. The van der Waals surface area contributed by atoms with Gasteiger partial charge in [-0.05, 0) is 47.9 Å². The molecule has 6 rings (SSSR count). The van der Waals surface area contributed by atoms with E-state index in [0.29, 0.717) is 31.6 Å². The number of alkyl carbamates (subject to hydrolysis) is 1. The SMILES string of the molecule is N#C[C@H](C[C@@H]1CCNC1=O)NC(=O)[C@@H]1CSC2CC[C@H](NC(=O)OCC3c4ccccc4-c4ccccc43)C(=O)N21. The van der Waals surface area contributed by atoms with Crippen LogP contribution < -0.4 is 16.0 Å². The van der Waals surface area contributed by atoms with Crippen molar-refractivity contribution in [2.75, 3.05) is 18.9 Å².